The van der Waals surface area contributed by atoms with Gasteiger partial charge in [-0.05, 0) is 67.3 Å². The van der Waals surface area contributed by atoms with Crippen LogP contribution in [0.5, 0.6) is 11.5 Å². The Kier molecular flexibility index (Phi) is 4.37. The van der Waals surface area contributed by atoms with E-state index in [1.165, 1.54) is 26.4 Å². The number of fused-ring (bicyclic) bond motifs is 5. The first kappa shape index (κ1) is 16.4. The van der Waals surface area contributed by atoms with E-state index in [-0.39, 0.29) is 5.75 Å². The second kappa shape index (κ2) is 6.67. The number of nitrogens with zero attached hydrogens (tertiary/aromatic N) is 1. The molecule has 0 heterocycles. The predicted octanol–water partition coefficient (Wildman–Crippen LogP) is 2.80. The number of thiocarbonyl (C=S) groups is 1. The topological polar surface area (TPSA) is 65.9 Å². The van der Waals surface area contributed by atoms with Crippen molar-refractivity contribution in [2.75, 3.05) is 7.11 Å². The molecular formula is C19H23N3O2S. The van der Waals surface area contributed by atoms with Gasteiger partial charge in [0.15, 0.2) is 16.6 Å². The third kappa shape index (κ3) is 2.99. The maximum atomic E-state index is 10.0. The monoisotopic (exact) mass is 357 g/mol. The number of aromatic hydroxyl groups is 1. The van der Waals surface area contributed by atoms with E-state index in [1.807, 2.05) is 0 Å². The van der Waals surface area contributed by atoms with Crippen LogP contribution < -0.4 is 15.5 Å². The first-order valence-electron chi connectivity index (χ1n) is 8.79. The van der Waals surface area contributed by atoms with E-state index >= 15 is 0 Å². The van der Waals surface area contributed by atoms with Crippen molar-refractivity contribution in [3.8, 4) is 11.5 Å². The molecule has 0 aliphatic heterocycles. The van der Waals surface area contributed by atoms with Gasteiger partial charge < -0.3 is 15.2 Å². The van der Waals surface area contributed by atoms with E-state index in [4.69, 9.17) is 17.0 Å². The molecule has 5 nitrogen and oxygen atoms in total. The Morgan fingerprint density at radius 1 is 1.36 bits per heavy atom. The highest BCUT2D eigenvalue weighted by molar-refractivity contribution is 7.80. The van der Waals surface area contributed by atoms with E-state index in [0.29, 0.717) is 28.4 Å². The highest BCUT2D eigenvalue weighted by atomic mass is 32.1. The summed E-state index contributed by atoms with van der Waals surface area (Å²) in [5, 5.41) is 18.2. The summed E-state index contributed by atoms with van der Waals surface area (Å²) in [5.74, 6) is 3.63. The van der Waals surface area contributed by atoms with Crippen LogP contribution in [0.25, 0.3) is 0 Å². The van der Waals surface area contributed by atoms with Gasteiger partial charge in [-0.15, -0.1) is 0 Å². The van der Waals surface area contributed by atoms with Crippen molar-refractivity contribution in [1.29, 1.82) is 0 Å². The van der Waals surface area contributed by atoms with Crippen molar-refractivity contribution >= 4 is 23.5 Å². The van der Waals surface area contributed by atoms with Gasteiger partial charge in [0, 0.05) is 11.6 Å². The van der Waals surface area contributed by atoms with E-state index in [9.17, 15) is 5.11 Å². The third-order valence-corrected chi connectivity index (χ3v) is 6.15. The number of hydrogen-bond donors (Lipinski definition) is 3. The van der Waals surface area contributed by atoms with E-state index in [0.717, 1.165) is 17.8 Å². The SMILES string of the molecule is COc1cccc(/C=N\NC(=S)N[C@@H]2C[C@H]3C[C@@H]2[C@@H]2C=CC[C@@H]32)c1O. The van der Waals surface area contributed by atoms with Crippen LogP contribution in [0.1, 0.15) is 24.8 Å². The van der Waals surface area contributed by atoms with Crippen molar-refractivity contribution in [2.45, 2.75) is 25.3 Å². The maximum Gasteiger partial charge on any atom is 0.187 e. The molecule has 2 fully saturated rings. The molecule has 25 heavy (non-hydrogen) atoms. The van der Waals surface area contributed by atoms with Crippen LogP contribution in [0.15, 0.2) is 35.5 Å². The zero-order valence-electron chi connectivity index (χ0n) is 14.2. The Morgan fingerprint density at radius 2 is 2.24 bits per heavy atom. The number of benzene rings is 1. The average Bonchev–Trinajstić information content (AvgIpc) is 3.29. The van der Waals surface area contributed by atoms with Crippen LogP contribution in [0, 0.1) is 23.7 Å². The number of nitrogens with one attached hydrogen (secondary N) is 2. The predicted molar refractivity (Wildman–Crippen MR) is 102 cm³/mol. The van der Waals surface area contributed by atoms with Gasteiger partial charge in [0.2, 0.25) is 0 Å². The summed E-state index contributed by atoms with van der Waals surface area (Å²) in [7, 11) is 1.52. The Morgan fingerprint density at radius 3 is 3.08 bits per heavy atom. The number of ether oxygens (including phenoxy) is 1. The number of methoxy groups -OCH3 is 1. The van der Waals surface area contributed by atoms with Gasteiger partial charge in [0.05, 0.1) is 13.3 Å². The lowest BCUT2D eigenvalue weighted by Gasteiger charge is -2.32. The van der Waals surface area contributed by atoms with Crippen LogP contribution in [-0.4, -0.2) is 29.6 Å². The van der Waals surface area contributed by atoms with Crippen LogP contribution in [0.4, 0.5) is 0 Å². The first-order valence-corrected chi connectivity index (χ1v) is 9.20. The normalized spacial score (nSPS) is 32.1. The lowest BCUT2D eigenvalue weighted by Crippen LogP contribution is -2.45. The molecule has 1 aromatic rings. The standard InChI is InChI=1S/C19H23N3O2S/c1-24-17-7-2-4-11(18(17)23)10-20-22-19(25)21-16-9-12-8-15(16)14-6-3-5-13(12)14/h2-4,6-7,10,12-16,23H,5,8-9H2,1H3,(H2,21,22,25)/b20-10-/t12-,13+,14-,15-,16-/m1/s1. The average molecular weight is 357 g/mol. The fraction of sp³-hybridized carbons (Fsp3) is 0.474. The highest BCUT2D eigenvalue weighted by Gasteiger charge is 2.52. The summed E-state index contributed by atoms with van der Waals surface area (Å²) in [6.07, 6.45) is 10.1. The molecule has 0 amide bonds. The minimum atomic E-state index is 0.0709. The molecule has 6 heteroatoms. The van der Waals surface area contributed by atoms with Crippen molar-refractivity contribution in [2.24, 2.45) is 28.8 Å². The van der Waals surface area contributed by atoms with E-state index in [1.54, 1.807) is 24.4 Å². The van der Waals surface area contributed by atoms with Crippen molar-refractivity contribution in [1.82, 2.24) is 10.7 Å². The fourth-order valence-corrected chi connectivity index (χ4v) is 5.08. The van der Waals surface area contributed by atoms with Gasteiger partial charge in [-0.3, -0.25) is 5.43 Å². The smallest absolute Gasteiger partial charge is 0.187 e. The lowest BCUT2D eigenvalue weighted by atomic mass is 9.79. The summed E-state index contributed by atoms with van der Waals surface area (Å²) in [6, 6.07) is 5.71. The molecule has 0 spiro atoms. The Bertz CT molecular complexity index is 733. The van der Waals surface area contributed by atoms with Crippen LogP contribution in [-0.2, 0) is 0 Å². The first-order chi connectivity index (χ1) is 12.2. The summed E-state index contributed by atoms with van der Waals surface area (Å²) in [4.78, 5) is 0. The van der Waals surface area contributed by atoms with Gasteiger partial charge in [-0.1, -0.05) is 18.2 Å². The molecule has 2 saturated carbocycles. The Balaban J connectivity index is 1.32. The molecule has 0 unspecified atom stereocenters. The number of phenolic OH excluding ortho intramolecular Hbond substituents is 1. The van der Waals surface area contributed by atoms with Crippen LogP contribution in [0.3, 0.4) is 0 Å². The van der Waals surface area contributed by atoms with Gasteiger partial charge >= 0.3 is 0 Å². The van der Waals surface area contributed by atoms with Gasteiger partial charge in [-0.2, -0.15) is 5.10 Å². The molecular weight excluding hydrogens is 334 g/mol. The number of hydrogen-bond acceptors (Lipinski definition) is 4. The molecule has 4 rings (SSSR count). The number of phenols is 1. The number of hydrazone groups is 1. The summed E-state index contributed by atoms with van der Waals surface area (Å²) >= 11 is 5.38. The minimum Gasteiger partial charge on any atom is -0.504 e. The summed E-state index contributed by atoms with van der Waals surface area (Å²) in [5.41, 5.74) is 3.44. The third-order valence-electron chi connectivity index (χ3n) is 5.95. The van der Waals surface area contributed by atoms with Crippen LogP contribution in [0.2, 0.25) is 0 Å². The summed E-state index contributed by atoms with van der Waals surface area (Å²) in [6.45, 7) is 0. The number of rotatable bonds is 4. The maximum absolute atomic E-state index is 10.0. The molecule has 132 valence electrons. The second-order valence-electron chi connectivity index (χ2n) is 7.15. The Labute approximate surface area is 153 Å². The molecule has 1 aromatic carbocycles. The Hall–Kier alpha value is -2.08. The van der Waals surface area contributed by atoms with Crippen molar-refractivity contribution in [3.05, 3.63) is 35.9 Å². The van der Waals surface area contributed by atoms with Gasteiger partial charge in [0.25, 0.3) is 0 Å². The fourth-order valence-electron chi connectivity index (χ4n) is 4.88. The largest absolute Gasteiger partial charge is 0.504 e. The van der Waals surface area contributed by atoms with Gasteiger partial charge in [-0.25, -0.2) is 0 Å². The number of allylic oxidation sites excluding steroid dienone is 2. The van der Waals surface area contributed by atoms with E-state index in [2.05, 4.69) is 28.0 Å². The quantitative estimate of drug-likeness (QED) is 0.335. The zero-order valence-corrected chi connectivity index (χ0v) is 15.0. The zero-order chi connectivity index (χ0) is 17.4. The molecule has 0 saturated heterocycles. The van der Waals surface area contributed by atoms with Crippen LogP contribution >= 0.6 is 12.2 Å². The molecule has 5 atom stereocenters. The molecule has 3 aliphatic carbocycles. The second-order valence-corrected chi connectivity index (χ2v) is 7.56. The molecule has 3 N–H and O–H groups in total. The summed E-state index contributed by atoms with van der Waals surface area (Å²) < 4.78 is 5.09. The lowest BCUT2D eigenvalue weighted by molar-refractivity contribution is 0.246. The minimum absolute atomic E-state index is 0.0709. The van der Waals surface area contributed by atoms with Gasteiger partial charge in [0.1, 0.15) is 0 Å². The van der Waals surface area contributed by atoms with E-state index < -0.39 is 0 Å². The van der Waals surface area contributed by atoms with Crippen molar-refractivity contribution < 1.29 is 9.84 Å². The molecule has 3 aliphatic rings. The highest BCUT2D eigenvalue weighted by Crippen LogP contribution is 2.56. The molecule has 0 radical (unpaired) electrons. The van der Waals surface area contributed by atoms with Crippen molar-refractivity contribution in [3.63, 3.8) is 0 Å². The molecule has 2 bridgehead atoms. The number of para-hydroxylation sites is 1. The molecule has 0 aromatic heterocycles.